The van der Waals surface area contributed by atoms with Crippen LogP contribution in [-0.4, -0.2) is 11.1 Å². The Morgan fingerprint density at radius 1 is 0.967 bits per heavy atom. The van der Waals surface area contributed by atoms with E-state index in [0.29, 0.717) is 39.8 Å². The van der Waals surface area contributed by atoms with Crippen molar-refractivity contribution < 1.29 is 9.90 Å². The zero-order chi connectivity index (χ0) is 21.3. The zero-order valence-electron chi connectivity index (χ0n) is 16.0. The van der Waals surface area contributed by atoms with Gasteiger partial charge in [-0.1, -0.05) is 67.3 Å². The number of carboxylic acid groups (broad SMARTS) is 1. The number of hydrogen-bond donors (Lipinski definition) is 1. The van der Waals surface area contributed by atoms with Crippen LogP contribution in [0.4, 0.5) is 0 Å². The molecule has 0 amide bonds. The van der Waals surface area contributed by atoms with Crippen molar-refractivity contribution in [2.24, 2.45) is 0 Å². The van der Waals surface area contributed by atoms with Gasteiger partial charge in [0.2, 0.25) is 0 Å². The van der Waals surface area contributed by atoms with Crippen LogP contribution in [0, 0.1) is 22.7 Å². The summed E-state index contributed by atoms with van der Waals surface area (Å²) in [6.45, 7) is 3.88. The Balaban J connectivity index is 2.18. The third kappa shape index (κ3) is 2.89. The number of nitriles is 2. The fraction of sp³-hybridized carbons (Fsp3) is 0.0385. The molecule has 4 rings (SSSR count). The second-order valence-corrected chi connectivity index (χ2v) is 6.93. The molecule has 4 heteroatoms. The molecule has 0 unspecified atom stereocenters. The molecule has 0 aromatic heterocycles. The number of benzene rings is 3. The SMILES string of the molecule is C=Cc1cc(C(=O)O)c2c(c1Cc1ccccc1)C(=C(C#N)C#N)c1ccccc1-2. The van der Waals surface area contributed by atoms with Crippen molar-refractivity contribution in [1.29, 1.82) is 10.5 Å². The van der Waals surface area contributed by atoms with Gasteiger partial charge in [-0.25, -0.2) is 4.79 Å². The van der Waals surface area contributed by atoms with Gasteiger partial charge in [-0.2, -0.15) is 10.5 Å². The predicted molar refractivity (Wildman–Crippen MR) is 115 cm³/mol. The molecule has 1 aliphatic rings. The quantitative estimate of drug-likeness (QED) is 0.471. The Hall–Kier alpha value is -4.41. The van der Waals surface area contributed by atoms with Crippen LogP contribution in [0.1, 0.15) is 38.2 Å². The maximum Gasteiger partial charge on any atom is 0.336 e. The molecule has 4 nitrogen and oxygen atoms in total. The van der Waals surface area contributed by atoms with Crippen molar-refractivity contribution in [1.82, 2.24) is 0 Å². The first kappa shape index (κ1) is 18.9. The van der Waals surface area contributed by atoms with E-state index >= 15 is 0 Å². The molecule has 1 N–H and O–H groups in total. The molecule has 0 spiro atoms. The van der Waals surface area contributed by atoms with E-state index in [2.05, 4.69) is 6.58 Å². The van der Waals surface area contributed by atoms with E-state index in [-0.39, 0.29) is 11.1 Å². The summed E-state index contributed by atoms with van der Waals surface area (Å²) in [6, 6.07) is 22.7. The molecular weight excluding hydrogens is 372 g/mol. The molecule has 0 saturated heterocycles. The summed E-state index contributed by atoms with van der Waals surface area (Å²) in [4.78, 5) is 12.1. The minimum atomic E-state index is -1.06. The fourth-order valence-electron chi connectivity index (χ4n) is 4.09. The van der Waals surface area contributed by atoms with Crippen LogP contribution < -0.4 is 0 Å². The first-order valence-corrected chi connectivity index (χ1v) is 9.34. The standard InChI is InChI=1S/C26H16N2O2/c1-2-17-13-22(26(29)30)24-20-11-7-6-10-19(20)23(18(14-27)15-28)25(24)21(17)12-16-8-4-3-5-9-16/h2-11,13H,1,12H2,(H,29,30). The number of carboxylic acids is 1. The van der Waals surface area contributed by atoms with Crippen molar-refractivity contribution >= 4 is 17.6 Å². The lowest BCUT2D eigenvalue weighted by Crippen LogP contribution is -2.06. The molecule has 0 bridgehead atoms. The number of allylic oxidation sites excluding steroid dienone is 1. The van der Waals surface area contributed by atoms with Crippen molar-refractivity contribution in [2.75, 3.05) is 0 Å². The Bertz CT molecular complexity index is 1300. The molecule has 3 aromatic rings. The Morgan fingerprint density at radius 2 is 1.60 bits per heavy atom. The highest BCUT2D eigenvalue weighted by Crippen LogP contribution is 2.50. The van der Waals surface area contributed by atoms with E-state index in [9.17, 15) is 20.4 Å². The number of carbonyl (C=O) groups is 1. The third-order valence-electron chi connectivity index (χ3n) is 5.33. The second kappa shape index (κ2) is 7.54. The van der Waals surface area contributed by atoms with Gasteiger partial charge in [0.25, 0.3) is 0 Å². The van der Waals surface area contributed by atoms with Gasteiger partial charge in [-0.3, -0.25) is 0 Å². The van der Waals surface area contributed by atoms with Gasteiger partial charge >= 0.3 is 5.97 Å². The highest BCUT2D eigenvalue weighted by molar-refractivity contribution is 6.12. The van der Waals surface area contributed by atoms with Gasteiger partial charge in [-0.15, -0.1) is 0 Å². The van der Waals surface area contributed by atoms with Gasteiger partial charge in [0, 0.05) is 11.1 Å². The largest absolute Gasteiger partial charge is 0.478 e. The summed E-state index contributed by atoms with van der Waals surface area (Å²) in [5, 5.41) is 29.2. The second-order valence-electron chi connectivity index (χ2n) is 6.93. The maximum absolute atomic E-state index is 12.1. The summed E-state index contributed by atoms with van der Waals surface area (Å²) < 4.78 is 0. The van der Waals surface area contributed by atoms with Gasteiger partial charge in [0.05, 0.1) is 5.56 Å². The lowest BCUT2D eigenvalue weighted by Gasteiger charge is -2.17. The van der Waals surface area contributed by atoms with Crippen molar-refractivity contribution in [3.8, 4) is 23.3 Å². The molecule has 3 aromatic carbocycles. The Labute approximate surface area is 174 Å². The normalized spacial score (nSPS) is 11.1. The third-order valence-corrected chi connectivity index (χ3v) is 5.33. The molecule has 0 aliphatic heterocycles. The fourth-order valence-corrected chi connectivity index (χ4v) is 4.09. The summed E-state index contributed by atoms with van der Waals surface area (Å²) in [5.74, 6) is -1.06. The summed E-state index contributed by atoms with van der Waals surface area (Å²) in [5.41, 5.74) is 5.75. The average molecular weight is 388 g/mol. The van der Waals surface area contributed by atoms with Crippen molar-refractivity contribution in [2.45, 2.75) is 6.42 Å². The van der Waals surface area contributed by atoms with Gasteiger partial charge < -0.3 is 5.11 Å². The molecule has 0 fully saturated rings. The first-order valence-electron chi connectivity index (χ1n) is 9.34. The molecular formula is C26H16N2O2. The first-order chi connectivity index (χ1) is 14.6. The van der Waals surface area contributed by atoms with Crippen LogP contribution in [0.15, 0.2) is 72.8 Å². The minimum absolute atomic E-state index is 0.0342. The van der Waals surface area contributed by atoms with E-state index in [1.54, 1.807) is 12.1 Å². The van der Waals surface area contributed by atoms with Gasteiger partial charge in [0.15, 0.2) is 0 Å². The Morgan fingerprint density at radius 3 is 2.20 bits per heavy atom. The summed E-state index contributed by atoms with van der Waals surface area (Å²) in [6.07, 6.45) is 2.15. The predicted octanol–water partition coefficient (Wildman–Crippen LogP) is 5.45. The van der Waals surface area contributed by atoms with E-state index in [4.69, 9.17) is 0 Å². The van der Waals surface area contributed by atoms with Crippen LogP contribution in [0.5, 0.6) is 0 Å². The number of aromatic carboxylic acids is 1. The molecule has 0 heterocycles. The molecule has 1 aliphatic carbocycles. The van der Waals surface area contributed by atoms with Crippen LogP contribution in [0.2, 0.25) is 0 Å². The van der Waals surface area contributed by atoms with Gasteiger partial charge in [-0.05, 0) is 45.9 Å². The van der Waals surface area contributed by atoms with E-state index in [1.807, 2.05) is 66.7 Å². The molecule has 0 saturated carbocycles. The van der Waals surface area contributed by atoms with Crippen LogP contribution in [0.25, 0.3) is 22.8 Å². The van der Waals surface area contributed by atoms with Crippen LogP contribution >= 0.6 is 0 Å². The zero-order valence-corrected chi connectivity index (χ0v) is 16.0. The van der Waals surface area contributed by atoms with Crippen LogP contribution in [0.3, 0.4) is 0 Å². The van der Waals surface area contributed by atoms with E-state index in [1.165, 1.54) is 0 Å². The summed E-state index contributed by atoms with van der Waals surface area (Å²) in [7, 11) is 0. The number of hydrogen-bond acceptors (Lipinski definition) is 3. The van der Waals surface area contributed by atoms with Crippen molar-refractivity contribution in [3.63, 3.8) is 0 Å². The molecule has 142 valence electrons. The van der Waals surface area contributed by atoms with E-state index < -0.39 is 5.97 Å². The average Bonchev–Trinajstić information content (AvgIpc) is 3.11. The Kier molecular flexibility index (Phi) is 4.76. The molecule has 0 atom stereocenters. The minimum Gasteiger partial charge on any atom is -0.478 e. The summed E-state index contributed by atoms with van der Waals surface area (Å²) >= 11 is 0. The number of fused-ring (bicyclic) bond motifs is 3. The van der Waals surface area contributed by atoms with E-state index in [0.717, 1.165) is 11.1 Å². The number of rotatable bonds is 4. The monoisotopic (exact) mass is 388 g/mol. The molecule has 30 heavy (non-hydrogen) atoms. The smallest absolute Gasteiger partial charge is 0.336 e. The molecule has 0 radical (unpaired) electrons. The highest BCUT2D eigenvalue weighted by atomic mass is 16.4. The van der Waals surface area contributed by atoms with Gasteiger partial charge in [0.1, 0.15) is 17.7 Å². The number of nitrogens with zero attached hydrogens (tertiary/aromatic N) is 2. The highest BCUT2D eigenvalue weighted by Gasteiger charge is 2.33. The van der Waals surface area contributed by atoms with Crippen molar-refractivity contribution in [3.05, 3.63) is 106 Å². The lowest BCUT2D eigenvalue weighted by molar-refractivity contribution is 0.0697. The lowest BCUT2D eigenvalue weighted by atomic mass is 9.86. The topological polar surface area (TPSA) is 84.9 Å². The maximum atomic E-state index is 12.1. The van der Waals surface area contributed by atoms with Crippen LogP contribution in [-0.2, 0) is 6.42 Å².